The number of benzene rings is 1. The second kappa shape index (κ2) is 4.06. The Morgan fingerprint density at radius 2 is 2.19 bits per heavy atom. The highest BCUT2D eigenvalue weighted by atomic mass is 16.7. The molecule has 5 heteroatoms. The number of para-hydroxylation sites is 1. The van der Waals surface area contributed by atoms with Gasteiger partial charge in [0, 0.05) is 17.1 Å². The molecule has 0 unspecified atom stereocenters. The van der Waals surface area contributed by atoms with E-state index in [1.807, 2.05) is 24.3 Å². The lowest BCUT2D eigenvalue weighted by Gasteiger charge is -1.96. The van der Waals surface area contributed by atoms with Crippen LogP contribution in [0.2, 0.25) is 0 Å². The first kappa shape index (κ1) is 10.2. The molecule has 0 saturated carbocycles. The van der Waals surface area contributed by atoms with Gasteiger partial charge >= 0.3 is 5.97 Å². The summed E-state index contributed by atoms with van der Waals surface area (Å²) in [6.07, 6.45) is 1.59. The van der Waals surface area contributed by atoms with E-state index in [4.69, 9.17) is 5.73 Å². The molecule has 82 valence electrons. The molecule has 5 nitrogen and oxygen atoms in total. The van der Waals surface area contributed by atoms with E-state index in [2.05, 4.69) is 15.0 Å². The average Bonchev–Trinajstić information content (AvgIpc) is 2.69. The summed E-state index contributed by atoms with van der Waals surface area (Å²) in [7, 11) is 0. The maximum Gasteiger partial charge on any atom is 0.367 e. The van der Waals surface area contributed by atoms with Gasteiger partial charge in [0.05, 0.1) is 5.56 Å². The summed E-state index contributed by atoms with van der Waals surface area (Å²) in [5, 5.41) is 4.22. The van der Waals surface area contributed by atoms with Crippen LogP contribution in [0.5, 0.6) is 0 Å². The van der Waals surface area contributed by atoms with E-state index in [0.29, 0.717) is 5.56 Å². The van der Waals surface area contributed by atoms with Gasteiger partial charge in [-0.05, 0) is 13.0 Å². The van der Waals surface area contributed by atoms with Crippen LogP contribution in [-0.2, 0) is 4.84 Å². The Morgan fingerprint density at radius 1 is 1.44 bits per heavy atom. The van der Waals surface area contributed by atoms with Gasteiger partial charge < -0.3 is 15.6 Å². The van der Waals surface area contributed by atoms with E-state index < -0.39 is 5.97 Å². The predicted octanol–water partition coefficient (Wildman–Crippen LogP) is 1.62. The third-order valence-corrected chi connectivity index (χ3v) is 2.08. The summed E-state index contributed by atoms with van der Waals surface area (Å²) in [6, 6.07) is 7.45. The summed E-state index contributed by atoms with van der Waals surface area (Å²) in [6.45, 7) is 1.54. The number of aromatic amines is 1. The van der Waals surface area contributed by atoms with E-state index in [1.54, 1.807) is 13.1 Å². The van der Waals surface area contributed by atoms with E-state index in [1.165, 1.54) is 0 Å². The van der Waals surface area contributed by atoms with Gasteiger partial charge in [0.2, 0.25) is 0 Å². The number of fused-ring (bicyclic) bond motifs is 1. The van der Waals surface area contributed by atoms with E-state index in [9.17, 15) is 4.79 Å². The van der Waals surface area contributed by atoms with E-state index in [-0.39, 0.29) is 5.84 Å². The standard InChI is InChI=1S/C11H11N3O2/c1-7(12)14-16-11(15)9-6-13-10-5-3-2-4-8(9)10/h2-6,13H,1H3,(H2,12,14). The van der Waals surface area contributed by atoms with Crippen LogP contribution in [0.1, 0.15) is 17.3 Å². The fourth-order valence-corrected chi connectivity index (χ4v) is 1.40. The second-order valence-electron chi connectivity index (χ2n) is 3.36. The van der Waals surface area contributed by atoms with Crippen LogP contribution in [0.4, 0.5) is 0 Å². The molecule has 3 N–H and O–H groups in total. The Morgan fingerprint density at radius 3 is 2.94 bits per heavy atom. The van der Waals surface area contributed by atoms with Gasteiger partial charge in [-0.1, -0.05) is 23.4 Å². The number of carbonyl (C=O) groups is 1. The van der Waals surface area contributed by atoms with Crippen molar-refractivity contribution in [1.82, 2.24) is 4.98 Å². The third-order valence-electron chi connectivity index (χ3n) is 2.08. The first-order valence-electron chi connectivity index (χ1n) is 4.76. The van der Waals surface area contributed by atoms with Crippen LogP contribution in [0.25, 0.3) is 10.9 Å². The van der Waals surface area contributed by atoms with Crippen molar-refractivity contribution in [2.75, 3.05) is 0 Å². The fraction of sp³-hybridized carbons (Fsp3) is 0.0909. The molecule has 0 fully saturated rings. The van der Waals surface area contributed by atoms with Crippen molar-refractivity contribution in [3.05, 3.63) is 36.0 Å². The minimum Gasteiger partial charge on any atom is -0.385 e. The van der Waals surface area contributed by atoms with Crippen LogP contribution in [-0.4, -0.2) is 16.8 Å². The van der Waals surface area contributed by atoms with Crippen LogP contribution >= 0.6 is 0 Å². The molecule has 0 atom stereocenters. The Kier molecular flexibility index (Phi) is 2.59. The Bertz CT molecular complexity index is 553. The SMILES string of the molecule is C/C(N)=N/OC(=O)c1c[nH]c2ccccc12. The highest BCUT2D eigenvalue weighted by Gasteiger charge is 2.12. The van der Waals surface area contributed by atoms with Crippen molar-refractivity contribution in [1.29, 1.82) is 0 Å². The molecular formula is C11H11N3O2. The maximum atomic E-state index is 11.6. The van der Waals surface area contributed by atoms with Crippen molar-refractivity contribution in [3.8, 4) is 0 Å². The van der Waals surface area contributed by atoms with Gasteiger partial charge in [-0.15, -0.1) is 0 Å². The molecule has 1 aromatic carbocycles. The van der Waals surface area contributed by atoms with Crippen molar-refractivity contribution in [2.24, 2.45) is 10.9 Å². The summed E-state index contributed by atoms with van der Waals surface area (Å²) in [4.78, 5) is 19.3. The lowest BCUT2D eigenvalue weighted by molar-refractivity contribution is 0.0518. The van der Waals surface area contributed by atoms with Gasteiger partial charge in [0.1, 0.15) is 5.84 Å². The molecule has 0 bridgehead atoms. The average molecular weight is 217 g/mol. The summed E-state index contributed by atoms with van der Waals surface area (Å²) >= 11 is 0. The highest BCUT2D eigenvalue weighted by molar-refractivity contribution is 6.04. The Hall–Kier alpha value is -2.30. The summed E-state index contributed by atoms with van der Waals surface area (Å²) < 4.78 is 0. The summed E-state index contributed by atoms with van der Waals surface area (Å²) in [5.41, 5.74) is 6.59. The first-order valence-corrected chi connectivity index (χ1v) is 4.76. The Balaban J connectivity index is 2.33. The molecule has 0 aliphatic carbocycles. The number of amidine groups is 1. The van der Waals surface area contributed by atoms with Crippen molar-refractivity contribution in [3.63, 3.8) is 0 Å². The quantitative estimate of drug-likeness (QED) is 0.347. The normalized spacial score (nSPS) is 11.7. The highest BCUT2D eigenvalue weighted by Crippen LogP contribution is 2.18. The lowest BCUT2D eigenvalue weighted by Crippen LogP contribution is -2.08. The smallest absolute Gasteiger partial charge is 0.367 e. The molecule has 16 heavy (non-hydrogen) atoms. The van der Waals surface area contributed by atoms with Crippen LogP contribution in [0.3, 0.4) is 0 Å². The first-order chi connectivity index (χ1) is 7.68. The molecule has 0 aliphatic heterocycles. The number of nitrogens with one attached hydrogen (secondary N) is 1. The van der Waals surface area contributed by atoms with Crippen molar-refractivity contribution >= 4 is 22.7 Å². The number of oxime groups is 1. The third kappa shape index (κ3) is 1.88. The lowest BCUT2D eigenvalue weighted by atomic mass is 10.2. The van der Waals surface area contributed by atoms with Crippen LogP contribution in [0, 0.1) is 0 Å². The van der Waals surface area contributed by atoms with Gasteiger partial charge in [-0.2, -0.15) is 0 Å². The Labute approximate surface area is 91.9 Å². The molecule has 1 heterocycles. The number of rotatable bonds is 2. The van der Waals surface area contributed by atoms with Gasteiger partial charge in [-0.25, -0.2) is 4.79 Å². The number of hydrogen-bond acceptors (Lipinski definition) is 3. The topological polar surface area (TPSA) is 80.5 Å². The molecule has 0 aliphatic rings. The summed E-state index contributed by atoms with van der Waals surface area (Å²) in [5.74, 6) is -0.324. The number of carbonyl (C=O) groups excluding carboxylic acids is 1. The zero-order valence-corrected chi connectivity index (χ0v) is 8.73. The second-order valence-corrected chi connectivity index (χ2v) is 3.36. The number of nitrogens with zero attached hydrogens (tertiary/aromatic N) is 1. The maximum absolute atomic E-state index is 11.6. The number of aromatic nitrogens is 1. The van der Waals surface area contributed by atoms with Crippen LogP contribution < -0.4 is 5.73 Å². The van der Waals surface area contributed by atoms with Gasteiger partial charge in [0.15, 0.2) is 0 Å². The molecule has 0 spiro atoms. The molecule has 1 aromatic heterocycles. The van der Waals surface area contributed by atoms with E-state index in [0.717, 1.165) is 10.9 Å². The number of hydrogen-bond donors (Lipinski definition) is 2. The van der Waals surface area contributed by atoms with Gasteiger partial charge in [0.25, 0.3) is 0 Å². The molecule has 0 amide bonds. The number of nitrogens with two attached hydrogens (primary N) is 1. The molecule has 2 rings (SSSR count). The molecule has 2 aromatic rings. The molecular weight excluding hydrogens is 206 g/mol. The van der Waals surface area contributed by atoms with Gasteiger partial charge in [-0.3, -0.25) is 0 Å². The molecule has 0 saturated heterocycles. The zero-order valence-electron chi connectivity index (χ0n) is 8.73. The minimum atomic E-state index is -0.526. The van der Waals surface area contributed by atoms with Crippen LogP contribution in [0.15, 0.2) is 35.6 Å². The minimum absolute atomic E-state index is 0.202. The number of H-pyrrole nitrogens is 1. The zero-order chi connectivity index (χ0) is 11.5. The predicted molar refractivity (Wildman–Crippen MR) is 61.0 cm³/mol. The largest absolute Gasteiger partial charge is 0.385 e. The monoisotopic (exact) mass is 217 g/mol. The van der Waals surface area contributed by atoms with Crippen molar-refractivity contribution in [2.45, 2.75) is 6.92 Å². The fourth-order valence-electron chi connectivity index (χ4n) is 1.40. The van der Waals surface area contributed by atoms with E-state index >= 15 is 0 Å². The van der Waals surface area contributed by atoms with Crippen molar-refractivity contribution < 1.29 is 9.63 Å². The molecule has 0 radical (unpaired) electrons.